The lowest BCUT2D eigenvalue weighted by Gasteiger charge is -2.29. The number of methoxy groups -OCH3 is 1. The van der Waals surface area contributed by atoms with Crippen LogP contribution in [0, 0.1) is 0 Å². The summed E-state index contributed by atoms with van der Waals surface area (Å²) in [5.41, 5.74) is 1.17. The van der Waals surface area contributed by atoms with E-state index in [1.54, 1.807) is 0 Å². The van der Waals surface area contributed by atoms with E-state index in [1.807, 2.05) is 55.5 Å². The van der Waals surface area contributed by atoms with Gasteiger partial charge in [0, 0.05) is 0 Å². The molecule has 4 rings (SSSR count). The van der Waals surface area contributed by atoms with Gasteiger partial charge in [0.05, 0.1) is 13.7 Å². The molecule has 4 aromatic rings. The summed E-state index contributed by atoms with van der Waals surface area (Å²) in [6.07, 6.45) is 0. The molecule has 0 amide bonds. The topological polar surface area (TPSA) is 35.5 Å². The van der Waals surface area contributed by atoms with Crippen LogP contribution in [0.15, 0.2) is 127 Å². The van der Waals surface area contributed by atoms with Crippen LogP contribution in [0.4, 0.5) is 0 Å². The molecule has 0 saturated heterocycles. The summed E-state index contributed by atoms with van der Waals surface area (Å²) in [4.78, 5) is 13.2. The maximum absolute atomic E-state index is 13.2. The quantitative estimate of drug-likeness (QED) is 0.147. The normalized spacial score (nSPS) is 11.8. The molecule has 0 unspecified atom stereocenters. The monoisotopic (exact) mass is 480 g/mol. The van der Waals surface area contributed by atoms with E-state index in [4.69, 9.17) is 9.47 Å². The number of hydrogen-bond acceptors (Lipinski definition) is 3. The minimum atomic E-state index is -2.38. The Morgan fingerprint density at radius 1 is 0.686 bits per heavy atom. The van der Waals surface area contributed by atoms with Crippen molar-refractivity contribution >= 4 is 40.1 Å². The zero-order valence-electron chi connectivity index (χ0n) is 20.0. The molecule has 35 heavy (non-hydrogen) atoms. The summed E-state index contributed by atoms with van der Waals surface area (Å²) >= 11 is 0. The maximum atomic E-state index is 13.2. The van der Waals surface area contributed by atoms with Crippen LogP contribution in [-0.2, 0) is 14.3 Å². The first-order chi connectivity index (χ1) is 17.2. The van der Waals surface area contributed by atoms with Gasteiger partial charge in [0.15, 0.2) is 0 Å². The van der Waals surface area contributed by atoms with Gasteiger partial charge in [0.2, 0.25) is 0 Å². The van der Waals surface area contributed by atoms with Crippen LogP contribution in [0.5, 0.6) is 0 Å². The Morgan fingerprint density at radius 3 is 1.46 bits per heavy atom. The standard InChI is InChI=1S/C31H29O3P/c1-3-34-29(30(31(32)33-2)25-16-8-4-9-17-25)24-35(26-18-10-5-11-19-26,27-20-12-6-13-21-27)28-22-14-7-15-23-28/h4-24H,3H2,1-2H3/b30-29+. The Balaban J connectivity index is 2.19. The van der Waals surface area contributed by atoms with E-state index in [9.17, 15) is 4.79 Å². The molecule has 0 saturated carbocycles. The molecule has 0 bridgehead atoms. The average Bonchev–Trinajstić information content (AvgIpc) is 2.93. The van der Waals surface area contributed by atoms with Gasteiger partial charge in [-0.3, -0.25) is 0 Å². The second kappa shape index (κ2) is 11.6. The summed E-state index contributed by atoms with van der Waals surface area (Å²) < 4.78 is 11.5. The van der Waals surface area contributed by atoms with E-state index in [2.05, 4.69) is 78.6 Å². The lowest BCUT2D eigenvalue weighted by atomic mass is 10.1. The van der Waals surface area contributed by atoms with Crippen LogP contribution in [0.3, 0.4) is 0 Å². The Hall–Kier alpha value is -3.81. The molecule has 3 nitrogen and oxygen atoms in total. The lowest BCUT2D eigenvalue weighted by Crippen LogP contribution is -2.28. The zero-order chi connectivity index (χ0) is 24.5. The molecule has 4 aromatic carbocycles. The Morgan fingerprint density at radius 2 is 1.09 bits per heavy atom. The van der Waals surface area contributed by atoms with Crippen molar-refractivity contribution in [3.8, 4) is 0 Å². The van der Waals surface area contributed by atoms with Gasteiger partial charge in [0.1, 0.15) is 11.3 Å². The van der Waals surface area contributed by atoms with Crippen molar-refractivity contribution in [1.82, 2.24) is 0 Å². The number of esters is 1. The molecule has 0 atom stereocenters. The Kier molecular flexibility index (Phi) is 8.03. The molecule has 0 aliphatic heterocycles. The van der Waals surface area contributed by atoms with Gasteiger partial charge < -0.3 is 9.47 Å². The van der Waals surface area contributed by atoms with Crippen molar-refractivity contribution in [2.24, 2.45) is 0 Å². The van der Waals surface area contributed by atoms with Crippen molar-refractivity contribution in [2.45, 2.75) is 6.92 Å². The molecule has 0 aliphatic carbocycles. The fourth-order valence-electron chi connectivity index (χ4n) is 4.23. The Bertz CT molecular complexity index is 1230. The highest BCUT2D eigenvalue weighted by molar-refractivity contribution is 7.94. The van der Waals surface area contributed by atoms with Crippen molar-refractivity contribution in [3.63, 3.8) is 0 Å². The number of benzene rings is 4. The van der Waals surface area contributed by atoms with Crippen LogP contribution in [-0.4, -0.2) is 25.5 Å². The minimum absolute atomic E-state index is 0.414. The number of carbonyl (C=O) groups is 1. The fraction of sp³-hybridized carbons (Fsp3) is 0.0968. The second-order valence-corrected chi connectivity index (χ2v) is 11.1. The first-order valence-electron chi connectivity index (χ1n) is 11.6. The zero-order valence-corrected chi connectivity index (χ0v) is 20.9. The number of hydrogen-bond donors (Lipinski definition) is 0. The predicted molar refractivity (Wildman–Crippen MR) is 148 cm³/mol. The first-order valence-corrected chi connectivity index (χ1v) is 13.5. The van der Waals surface area contributed by atoms with E-state index < -0.39 is 12.9 Å². The Labute approximate surface area is 207 Å². The summed E-state index contributed by atoms with van der Waals surface area (Å²) in [7, 11) is 1.41. The summed E-state index contributed by atoms with van der Waals surface area (Å²) in [5.74, 6) is 2.27. The molecule has 0 radical (unpaired) electrons. The molecule has 0 aliphatic rings. The van der Waals surface area contributed by atoms with Crippen molar-refractivity contribution in [2.75, 3.05) is 13.7 Å². The van der Waals surface area contributed by atoms with E-state index >= 15 is 0 Å². The smallest absolute Gasteiger partial charge is 0.342 e. The number of ether oxygens (including phenoxy) is 2. The third-order valence-corrected chi connectivity index (χ3v) is 9.76. The number of rotatable bonds is 8. The fourth-order valence-corrected chi connectivity index (χ4v) is 8.06. The van der Waals surface area contributed by atoms with E-state index in [-0.39, 0.29) is 0 Å². The summed E-state index contributed by atoms with van der Waals surface area (Å²) in [6.45, 7) is -0.0331. The predicted octanol–water partition coefficient (Wildman–Crippen LogP) is 5.40. The third-order valence-electron chi connectivity index (χ3n) is 5.80. The number of carbonyl (C=O) groups excluding carboxylic acids is 1. The molecule has 0 N–H and O–H groups in total. The highest BCUT2D eigenvalue weighted by Gasteiger charge is 2.28. The van der Waals surface area contributed by atoms with Crippen LogP contribution in [0.1, 0.15) is 12.5 Å². The molecule has 0 spiro atoms. The van der Waals surface area contributed by atoms with Gasteiger partial charge >= 0.3 is 5.97 Å². The SMILES string of the molecule is CCO/C(C=P(c1ccccc1)(c1ccccc1)c1ccccc1)=C(/C(=O)OC)c1ccccc1. The molecular formula is C31H29O3P. The lowest BCUT2D eigenvalue weighted by molar-refractivity contribution is -0.133. The highest BCUT2D eigenvalue weighted by atomic mass is 31.2. The van der Waals surface area contributed by atoms with Crippen molar-refractivity contribution in [3.05, 3.63) is 133 Å². The molecule has 0 heterocycles. The van der Waals surface area contributed by atoms with Crippen LogP contribution in [0.25, 0.3) is 5.57 Å². The van der Waals surface area contributed by atoms with Gasteiger partial charge in [-0.05, 0) is 41.1 Å². The van der Waals surface area contributed by atoms with Gasteiger partial charge in [-0.25, -0.2) is 4.79 Å². The molecular weight excluding hydrogens is 451 g/mol. The van der Waals surface area contributed by atoms with Gasteiger partial charge in [-0.15, -0.1) is 0 Å². The van der Waals surface area contributed by atoms with E-state index in [0.29, 0.717) is 17.9 Å². The third kappa shape index (κ3) is 5.16. The van der Waals surface area contributed by atoms with E-state index in [0.717, 1.165) is 5.56 Å². The molecule has 4 heteroatoms. The van der Waals surface area contributed by atoms with Gasteiger partial charge in [-0.1, -0.05) is 121 Å². The van der Waals surface area contributed by atoms with Gasteiger partial charge in [-0.2, -0.15) is 0 Å². The number of allylic oxidation sites excluding steroid dienone is 1. The van der Waals surface area contributed by atoms with E-state index in [1.165, 1.54) is 23.0 Å². The first kappa shape index (κ1) is 24.3. The van der Waals surface area contributed by atoms with Crippen LogP contribution >= 0.6 is 6.89 Å². The summed E-state index contributed by atoms with van der Waals surface area (Å²) in [6, 6.07) is 41.0. The van der Waals surface area contributed by atoms with Crippen molar-refractivity contribution in [1.29, 1.82) is 0 Å². The minimum Gasteiger partial charge on any atom is -0.493 e. The van der Waals surface area contributed by atoms with Gasteiger partial charge in [0.25, 0.3) is 0 Å². The largest absolute Gasteiger partial charge is 0.493 e. The van der Waals surface area contributed by atoms with Crippen LogP contribution in [0.2, 0.25) is 0 Å². The summed E-state index contributed by atoms with van der Waals surface area (Å²) in [5, 5.41) is 3.52. The maximum Gasteiger partial charge on any atom is 0.342 e. The van der Waals surface area contributed by atoms with Crippen molar-refractivity contribution < 1.29 is 14.3 Å². The molecule has 0 fully saturated rings. The second-order valence-electron chi connectivity index (χ2n) is 7.89. The average molecular weight is 481 g/mol. The molecule has 0 aromatic heterocycles. The highest BCUT2D eigenvalue weighted by Crippen LogP contribution is 2.45. The molecule has 176 valence electrons. The van der Waals surface area contributed by atoms with Crippen LogP contribution < -0.4 is 15.9 Å².